The fourth-order valence-corrected chi connectivity index (χ4v) is 5.06. The van der Waals surface area contributed by atoms with E-state index in [9.17, 15) is 9.36 Å². The fourth-order valence-electron chi connectivity index (χ4n) is 4.69. The monoisotopic (exact) mass is 535 g/mol. The minimum absolute atomic E-state index is 0.158. The maximum absolute atomic E-state index is 10.9. The molecule has 0 heterocycles. The van der Waals surface area contributed by atoms with Crippen LogP contribution in [0, 0.1) is 0 Å². The predicted molar refractivity (Wildman–Crippen MR) is 148 cm³/mol. The number of rotatable bonds is 29. The van der Waals surface area contributed by atoms with Crippen molar-refractivity contribution in [2.75, 3.05) is 6.61 Å². The molecule has 0 saturated heterocycles. The molecular weight excluding hydrogens is 477 g/mol. The minimum Gasteiger partial charge on any atom is -0.303 e. The number of hydrogen-bond acceptors (Lipinski definition) is 4. The molecule has 0 radical (unpaired) electrons. The second kappa shape index (κ2) is 27.6. The molecule has 0 spiro atoms. The Hall–Kier alpha value is -0.460. The Morgan fingerprint density at radius 1 is 0.500 bits per heavy atom. The molecule has 0 aromatic heterocycles. The summed E-state index contributed by atoms with van der Waals surface area (Å²) < 4.78 is 15.0. The number of phosphoric ester groups is 1. The molecule has 0 aromatic carbocycles. The predicted octanol–water partition coefficient (Wildman–Crippen LogP) is 8.74. The van der Waals surface area contributed by atoms with Crippen LogP contribution in [0.1, 0.15) is 167 Å². The third-order valence-electron chi connectivity index (χ3n) is 6.93. The van der Waals surface area contributed by atoms with E-state index in [0.29, 0.717) is 6.42 Å². The Bertz CT molecular complexity index is 514. The number of hydrogen-bond donors (Lipinski definition) is 4. The van der Waals surface area contributed by atoms with Crippen molar-refractivity contribution in [2.45, 2.75) is 167 Å². The van der Waals surface area contributed by atoms with E-state index >= 15 is 0 Å². The van der Waals surface area contributed by atoms with Crippen molar-refractivity contribution in [1.82, 2.24) is 5.48 Å². The summed E-state index contributed by atoms with van der Waals surface area (Å²) in [6.07, 6.45) is 32.2. The first-order chi connectivity index (χ1) is 17.5. The summed E-state index contributed by atoms with van der Waals surface area (Å²) >= 11 is 0. The summed E-state index contributed by atoms with van der Waals surface area (Å²) in [7, 11) is -4.28. The molecule has 0 fully saturated rings. The highest BCUT2D eigenvalue weighted by molar-refractivity contribution is 7.46. The molecular formula is C28H58NO6P. The molecule has 7 nitrogen and oxygen atoms in total. The Balaban J connectivity index is 3.06. The third kappa shape index (κ3) is 31.6. The van der Waals surface area contributed by atoms with Crippen LogP contribution in [-0.2, 0) is 13.9 Å². The lowest BCUT2D eigenvalue weighted by atomic mass is 10.0. The van der Waals surface area contributed by atoms with Gasteiger partial charge in [-0.15, -0.1) is 0 Å². The van der Waals surface area contributed by atoms with Crippen LogP contribution in [0.2, 0.25) is 0 Å². The van der Waals surface area contributed by atoms with Crippen LogP contribution in [0.15, 0.2) is 0 Å². The lowest BCUT2D eigenvalue weighted by Gasteiger charge is -2.05. The molecule has 0 aliphatic heterocycles. The number of carbonyl (C=O) groups excluding carboxylic acids is 1. The SMILES string of the molecule is O=C(CCCCCCCCCCCCCCCCCCCCCCCCCCCOP(=O)(O)O)NO. The minimum atomic E-state index is -4.28. The highest BCUT2D eigenvalue weighted by Crippen LogP contribution is 2.35. The van der Waals surface area contributed by atoms with Crippen molar-refractivity contribution in [2.24, 2.45) is 0 Å². The first kappa shape index (κ1) is 35.5. The maximum Gasteiger partial charge on any atom is 0.469 e. The van der Waals surface area contributed by atoms with Crippen LogP contribution in [0.4, 0.5) is 0 Å². The smallest absolute Gasteiger partial charge is 0.303 e. The zero-order valence-corrected chi connectivity index (χ0v) is 24.0. The number of unbranched alkanes of at least 4 members (excludes halogenated alkanes) is 24. The van der Waals surface area contributed by atoms with Crippen molar-refractivity contribution in [3.05, 3.63) is 0 Å². The fraction of sp³-hybridized carbons (Fsp3) is 0.964. The summed E-state index contributed by atoms with van der Waals surface area (Å²) in [5.41, 5.74) is 1.68. The van der Waals surface area contributed by atoms with Crippen LogP contribution in [0.5, 0.6) is 0 Å². The van der Waals surface area contributed by atoms with Crippen LogP contribution >= 0.6 is 7.82 Å². The van der Waals surface area contributed by atoms with E-state index in [1.807, 2.05) is 0 Å². The summed E-state index contributed by atoms with van der Waals surface area (Å²) in [4.78, 5) is 28.1. The highest BCUT2D eigenvalue weighted by Gasteiger charge is 2.12. The second-order valence-electron chi connectivity index (χ2n) is 10.4. The van der Waals surface area contributed by atoms with Gasteiger partial charge in [0.05, 0.1) is 6.61 Å². The van der Waals surface area contributed by atoms with Crippen LogP contribution in [0.25, 0.3) is 0 Å². The zero-order valence-electron chi connectivity index (χ0n) is 23.1. The Labute approximate surface area is 221 Å². The van der Waals surface area contributed by atoms with E-state index in [4.69, 9.17) is 15.0 Å². The van der Waals surface area contributed by atoms with Gasteiger partial charge in [0.15, 0.2) is 0 Å². The third-order valence-corrected chi connectivity index (χ3v) is 7.45. The molecule has 8 heteroatoms. The van der Waals surface area contributed by atoms with Gasteiger partial charge in [-0.1, -0.05) is 148 Å². The maximum atomic E-state index is 10.9. The molecule has 4 N–H and O–H groups in total. The van der Waals surface area contributed by atoms with E-state index in [2.05, 4.69) is 4.52 Å². The molecule has 0 unspecified atom stereocenters. The van der Waals surface area contributed by atoms with Gasteiger partial charge in [-0.3, -0.25) is 14.5 Å². The van der Waals surface area contributed by atoms with Gasteiger partial charge in [-0.2, -0.15) is 0 Å². The molecule has 0 aliphatic rings. The molecule has 0 bridgehead atoms. The number of phosphoric acid groups is 1. The molecule has 0 atom stereocenters. The molecule has 1 amide bonds. The quantitative estimate of drug-likeness (QED) is 0.0329. The zero-order chi connectivity index (χ0) is 26.6. The molecule has 0 aromatic rings. The second-order valence-corrected chi connectivity index (χ2v) is 11.7. The highest BCUT2D eigenvalue weighted by atomic mass is 31.2. The van der Waals surface area contributed by atoms with Crippen molar-refractivity contribution in [3.8, 4) is 0 Å². The molecule has 36 heavy (non-hydrogen) atoms. The summed E-state index contributed by atoms with van der Waals surface area (Å²) in [5, 5.41) is 8.43. The van der Waals surface area contributed by atoms with Gasteiger partial charge < -0.3 is 9.79 Å². The van der Waals surface area contributed by atoms with Crippen molar-refractivity contribution in [3.63, 3.8) is 0 Å². The molecule has 0 rings (SSSR count). The lowest BCUT2D eigenvalue weighted by molar-refractivity contribution is -0.129. The van der Waals surface area contributed by atoms with Gasteiger partial charge in [0.2, 0.25) is 5.91 Å². The van der Waals surface area contributed by atoms with Gasteiger partial charge in [-0.25, -0.2) is 10.0 Å². The van der Waals surface area contributed by atoms with Crippen molar-refractivity contribution < 1.29 is 28.9 Å². The Kier molecular flexibility index (Phi) is 27.2. The van der Waals surface area contributed by atoms with Gasteiger partial charge >= 0.3 is 7.82 Å². The molecule has 216 valence electrons. The topological polar surface area (TPSA) is 116 Å². The number of nitrogens with one attached hydrogen (secondary N) is 1. The lowest BCUT2D eigenvalue weighted by Crippen LogP contribution is -2.17. The average Bonchev–Trinajstić information content (AvgIpc) is 2.84. The van der Waals surface area contributed by atoms with Crippen LogP contribution in [-0.4, -0.2) is 27.5 Å². The Morgan fingerprint density at radius 2 is 0.750 bits per heavy atom. The molecule has 0 aliphatic carbocycles. The summed E-state index contributed by atoms with van der Waals surface area (Å²) in [5.74, 6) is -0.271. The normalized spacial score (nSPS) is 11.8. The first-order valence-corrected chi connectivity index (χ1v) is 16.6. The van der Waals surface area contributed by atoms with E-state index in [0.717, 1.165) is 32.1 Å². The standard InChI is InChI=1S/C28H58NO6P/c30-28(29-31)26-24-22-20-18-16-14-12-10-8-6-4-2-1-3-5-7-9-11-13-15-17-19-21-23-25-27-35-36(32,33)34/h31H,1-27H2,(H,29,30)(H2,32,33,34). The van der Waals surface area contributed by atoms with E-state index in [1.165, 1.54) is 128 Å². The van der Waals surface area contributed by atoms with Gasteiger partial charge in [0.1, 0.15) is 0 Å². The van der Waals surface area contributed by atoms with Crippen molar-refractivity contribution in [1.29, 1.82) is 0 Å². The number of amides is 1. The first-order valence-electron chi connectivity index (χ1n) is 15.1. The van der Waals surface area contributed by atoms with Crippen LogP contribution < -0.4 is 5.48 Å². The average molecular weight is 536 g/mol. The van der Waals surface area contributed by atoms with E-state index in [1.54, 1.807) is 5.48 Å². The van der Waals surface area contributed by atoms with E-state index in [-0.39, 0.29) is 12.5 Å². The largest absolute Gasteiger partial charge is 0.469 e. The Morgan fingerprint density at radius 3 is 1.00 bits per heavy atom. The summed E-state index contributed by atoms with van der Waals surface area (Å²) in [6, 6.07) is 0. The van der Waals surface area contributed by atoms with Crippen LogP contribution in [0.3, 0.4) is 0 Å². The number of carbonyl (C=O) groups is 1. The van der Waals surface area contributed by atoms with E-state index < -0.39 is 7.82 Å². The van der Waals surface area contributed by atoms with Gasteiger partial charge in [0, 0.05) is 6.42 Å². The van der Waals surface area contributed by atoms with Gasteiger partial charge in [0.25, 0.3) is 0 Å². The van der Waals surface area contributed by atoms with Gasteiger partial charge in [-0.05, 0) is 12.8 Å². The summed E-state index contributed by atoms with van der Waals surface area (Å²) in [6.45, 7) is 0.158. The number of hydroxylamine groups is 1. The van der Waals surface area contributed by atoms with Crippen molar-refractivity contribution >= 4 is 13.7 Å². The molecule has 0 saturated carbocycles.